The first kappa shape index (κ1) is 17.7. The third kappa shape index (κ3) is 4.41. The summed E-state index contributed by atoms with van der Waals surface area (Å²) in [5, 5.41) is 2.94. The predicted octanol–water partition coefficient (Wildman–Crippen LogP) is 3.35. The average molecular weight is 329 g/mol. The topological polar surface area (TPSA) is 56.8 Å². The molecule has 0 bridgehead atoms. The second-order valence-electron chi connectivity index (χ2n) is 5.41. The van der Waals surface area contributed by atoms with Crippen molar-refractivity contribution < 1.29 is 19.0 Å². The van der Waals surface area contributed by atoms with Crippen molar-refractivity contribution in [3.8, 4) is 17.2 Å². The molecule has 1 N–H and O–H groups in total. The molecule has 0 aliphatic rings. The number of rotatable bonds is 7. The highest BCUT2D eigenvalue weighted by molar-refractivity contribution is 5.81. The van der Waals surface area contributed by atoms with E-state index in [2.05, 4.69) is 5.32 Å². The van der Waals surface area contributed by atoms with Gasteiger partial charge in [-0.05, 0) is 44.2 Å². The van der Waals surface area contributed by atoms with Crippen molar-refractivity contribution in [2.45, 2.75) is 26.0 Å². The zero-order valence-corrected chi connectivity index (χ0v) is 14.4. The largest absolute Gasteiger partial charge is 0.497 e. The normalized spacial score (nSPS) is 12.8. The van der Waals surface area contributed by atoms with E-state index in [1.54, 1.807) is 45.4 Å². The van der Waals surface area contributed by atoms with Crippen molar-refractivity contribution in [3.63, 3.8) is 0 Å². The SMILES string of the molecule is COc1ccc(O[C@@H](C)C(=O)N[C@H](C)c2ccccc2OC)cc1. The quantitative estimate of drug-likeness (QED) is 0.846. The van der Waals surface area contributed by atoms with Gasteiger partial charge in [-0.15, -0.1) is 0 Å². The highest BCUT2D eigenvalue weighted by atomic mass is 16.5. The minimum atomic E-state index is -0.615. The Hall–Kier alpha value is -2.69. The third-order valence-electron chi connectivity index (χ3n) is 3.71. The number of hydrogen-bond acceptors (Lipinski definition) is 4. The standard InChI is InChI=1S/C19H23NO4/c1-13(17-7-5-6-8-18(17)23-4)20-19(21)14(2)24-16-11-9-15(22-3)10-12-16/h5-14H,1-4H3,(H,20,21)/t13-,14+/m1/s1. The number of para-hydroxylation sites is 1. The first-order valence-electron chi connectivity index (χ1n) is 7.79. The van der Waals surface area contributed by atoms with Crippen LogP contribution < -0.4 is 19.5 Å². The lowest BCUT2D eigenvalue weighted by atomic mass is 10.1. The van der Waals surface area contributed by atoms with Gasteiger partial charge in [0.2, 0.25) is 0 Å². The van der Waals surface area contributed by atoms with Crippen LogP contribution in [-0.4, -0.2) is 26.2 Å². The van der Waals surface area contributed by atoms with E-state index in [0.717, 1.165) is 17.1 Å². The molecule has 0 fully saturated rings. The van der Waals surface area contributed by atoms with Crippen molar-refractivity contribution >= 4 is 5.91 Å². The average Bonchev–Trinajstić information content (AvgIpc) is 2.62. The number of ether oxygens (including phenoxy) is 3. The molecule has 128 valence electrons. The molecule has 0 aliphatic heterocycles. The Morgan fingerprint density at radius 2 is 1.54 bits per heavy atom. The van der Waals surface area contributed by atoms with E-state index < -0.39 is 6.10 Å². The summed E-state index contributed by atoms with van der Waals surface area (Å²) in [7, 11) is 3.22. The first-order valence-corrected chi connectivity index (χ1v) is 7.79. The molecular formula is C19H23NO4. The Labute approximate surface area is 142 Å². The van der Waals surface area contributed by atoms with E-state index in [-0.39, 0.29) is 11.9 Å². The smallest absolute Gasteiger partial charge is 0.261 e. The summed E-state index contributed by atoms with van der Waals surface area (Å²) in [4.78, 5) is 12.4. The minimum absolute atomic E-state index is 0.185. The second kappa shape index (κ2) is 8.24. The molecule has 1 amide bonds. The second-order valence-corrected chi connectivity index (χ2v) is 5.41. The van der Waals surface area contributed by atoms with E-state index in [1.165, 1.54) is 0 Å². The molecule has 5 nitrogen and oxygen atoms in total. The van der Waals surface area contributed by atoms with E-state index >= 15 is 0 Å². The summed E-state index contributed by atoms with van der Waals surface area (Å²) in [5.74, 6) is 1.91. The monoisotopic (exact) mass is 329 g/mol. The van der Waals surface area contributed by atoms with E-state index in [0.29, 0.717) is 5.75 Å². The highest BCUT2D eigenvalue weighted by Gasteiger charge is 2.19. The summed E-state index contributed by atoms with van der Waals surface area (Å²) < 4.78 is 16.1. The fourth-order valence-corrected chi connectivity index (χ4v) is 2.34. The lowest BCUT2D eigenvalue weighted by Gasteiger charge is -2.20. The van der Waals surface area contributed by atoms with Gasteiger partial charge in [-0.25, -0.2) is 0 Å². The Morgan fingerprint density at radius 1 is 0.917 bits per heavy atom. The summed E-state index contributed by atoms with van der Waals surface area (Å²) in [6.07, 6.45) is -0.615. The molecule has 5 heteroatoms. The molecule has 2 aromatic carbocycles. The maximum absolute atomic E-state index is 12.4. The van der Waals surface area contributed by atoms with Crippen LogP contribution in [0.5, 0.6) is 17.2 Å². The summed E-state index contributed by atoms with van der Waals surface area (Å²) >= 11 is 0. The molecule has 0 saturated carbocycles. The molecular weight excluding hydrogens is 306 g/mol. The van der Waals surface area contributed by atoms with Gasteiger partial charge in [-0.3, -0.25) is 4.79 Å². The van der Waals surface area contributed by atoms with Crippen LogP contribution in [0.3, 0.4) is 0 Å². The molecule has 0 aromatic heterocycles. The maximum Gasteiger partial charge on any atom is 0.261 e. The van der Waals surface area contributed by atoms with Crippen LogP contribution in [0.25, 0.3) is 0 Å². The third-order valence-corrected chi connectivity index (χ3v) is 3.71. The van der Waals surface area contributed by atoms with Gasteiger partial charge in [0.05, 0.1) is 20.3 Å². The van der Waals surface area contributed by atoms with Crippen molar-refractivity contribution in [2.24, 2.45) is 0 Å². The number of benzene rings is 2. The van der Waals surface area contributed by atoms with E-state index in [9.17, 15) is 4.79 Å². The number of carbonyl (C=O) groups excluding carboxylic acids is 1. The molecule has 0 radical (unpaired) electrons. The van der Waals surface area contributed by atoms with Crippen LogP contribution in [0.4, 0.5) is 0 Å². The molecule has 0 spiro atoms. The van der Waals surface area contributed by atoms with Gasteiger partial charge < -0.3 is 19.5 Å². The van der Waals surface area contributed by atoms with Crippen LogP contribution in [-0.2, 0) is 4.79 Å². The van der Waals surface area contributed by atoms with Gasteiger partial charge in [0.1, 0.15) is 17.2 Å². The van der Waals surface area contributed by atoms with Gasteiger partial charge >= 0.3 is 0 Å². The molecule has 0 saturated heterocycles. The molecule has 0 heterocycles. The van der Waals surface area contributed by atoms with Crippen molar-refractivity contribution in [1.82, 2.24) is 5.32 Å². The van der Waals surface area contributed by atoms with Crippen molar-refractivity contribution in [3.05, 3.63) is 54.1 Å². The van der Waals surface area contributed by atoms with Crippen molar-refractivity contribution in [2.75, 3.05) is 14.2 Å². The zero-order chi connectivity index (χ0) is 17.5. The molecule has 2 rings (SSSR count). The first-order chi connectivity index (χ1) is 11.5. The maximum atomic E-state index is 12.4. The van der Waals surface area contributed by atoms with Crippen LogP contribution in [0.15, 0.2) is 48.5 Å². The summed E-state index contributed by atoms with van der Waals surface area (Å²) in [5.41, 5.74) is 0.921. The molecule has 2 atom stereocenters. The lowest BCUT2D eigenvalue weighted by molar-refractivity contribution is -0.127. The van der Waals surface area contributed by atoms with Gasteiger partial charge in [-0.2, -0.15) is 0 Å². The summed E-state index contributed by atoms with van der Waals surface area (Å²) in [6, 6.07) is 14.5. The Bertz CT molecular complexity index is 669. The minimum Gasteiger partial charge on any atom is -0.497 e. The van der Waals surface area contributed by atoms with Crippen LogP contribution in [0.2, 0.25) is 0 Å². The molecule has 0 aliphatic carbocycles. The molecule has 2 aromatic rings. The number of methoxy groups -OCH3 is 2. The zero-order valence-electron chi connectivity index (χ0n) is 14.4. The lowest BCUT2D eigenvalue weighted by Crippen LogP contribution is -2.37. The van der Waals surface area contributed by atoms with Crippen LogP contribution in [0, 0.1) is 0 Å². The number of amides is 1. The van der Waals surface area contributed by atoms with Crippen LogP contribution >= 0.6 is 0 Å². The highest BCUT2D eigenvalue weighted by Crippen LogP contribution is 2.24. The Morgan fingerprint density at radius 3 is 2.17 bits per heavy atom. The van der Waals surface area contributed by atoms with Gasteiger partial charge in [0.25, 0.3) is 5.91 Å². The fourth-order valence-electron chi connectivity index (χ4n) is 2.34. The number of carbonyl (C=O) groups is 1. The van der Waals surface area contributed by atoms with Crippen LogP contribution in [0.1, 0.15) is 25.5 Å². The number of nitrogens with one attached hydrogen (secondary N) is 1. The molecule has 0 unspecified atom stereocenters. The summed E-state index contributed by atoms with van der Waals surface area (Å²) in [6.45, 7) is 3.63. The van der Waals surface area contributed by atoms with E-state index in [4.69, 9.17) is 14.2 Å². The van der Waals surface area contributed by atoms with Gasteiger partial charge in [0.15, 0.2) is 6.10 Å². The Balaban J connectivity index is 1.97. The van der Waals surface area contributed by atoms with Gasteiger partial charge in [0, 0.05) is 5.56 Å². The van der Waals surface area contributed by atoms with Gasteiger partial charge in [-0.1, -0.05) is 18.2 Å². The van der Waals surface area contributed by atoms with Crippen molar-refractivity contribution in [1.29, 1.82) is 0 Å². The number of hydrogen-bond donors (Lipinski definition) is 1. The van der Waals surface area contributed by atoms with E-state index in [1.807, 2.05) is 31.2 Å². The predicted molar refractivity (Wildman–Crippen MR) is 92.6 cm³/mol. The fraction of sp³-hybridized carbons (Fsp3) is 0.316. The Kier molecular flexibility index (Phi) is 6.07. The molecule has 24 heavy (non-hydrogen) atoms.